The van der Waals surface area contributed by atoms with E-state index in [0.717, 1.165) is 12.0 Å². The Morgan fingerprint density at radius 3 is 2.57 bits per heavy atom. The molecule has 7 nitrogen and oxygen atoms in total. The number of carbonyl (C=O) groups is 3. The number of aliphatic carboxylic acids is 1. The molecule has 3 amide bonds. The quantitative estimate of drug-likeness (QED) is 0.707. The van der Waals surface area contributed by atoms with Crippen LogP contribution >= 0.6 is 0 Å². The summed E-state index contributed by atoms with van der Waals surface area (Å²) in [7, 11) is 0. The van der Waals surface area contributed by atoms with Crippen molar-refractivity contribution >= 4 is 17.9 Å². The number of hydrogen-bond acceptors (Lipinski definition) is 4. The zero-order valence-corrected chi connectivity index (χ0v) is 11.2. The molecule has 0 heterocycles. The van der Waals surface area contributed by atoms with E-state index in [1.54, 1.807) is 0 Å². The van der Waals surface area contributed by atoms with Gasteiger partial charge in [0.25, 0.3) is 5.91 Å². The SMILES string of the molecule is O=C(O)COCC(=O)NC(=O)NC1CC1c1ccccc1. The molecule has 7 heteroatoms. The van der Waals surface area contributed by atoms with Crippen molar-refractivity contribution in [3.63, 3.8) is 0 Å². The van der Waals surface area contributed by atoms with Gasteiger partial charge in [-0.3, -0.25) is 10.1 Å². The fourth-order valence-corrected chi connectivity index (χ4v) is 2.02. The number of rotatable bonds is 6. The Morgan fingerprint density at radius 1 is 1.19 bits per heavy atom. The van der Waals surface area contributed by atoms with Crippen molar-refractivity contribution in [2.45, 2.75) is 18.4 Å². The third kappa shape index (κ3) is 4.88. The maximum absolute atomic E-state index is 11.6. The molecule has 3 N–H and O–H groups in total. The third-order valence-electron chi connectivity index (χ3n) is 3.05. The molecule has 1 aromatic carbocycles. The zero-order chi connectivity index (χ0) is 15.2. The fourth-order valence-electron chi connectivity index (χ4n) is 2.02. The molecule has 112 valence electrons. The molecular formula is C14H16N2O5. The van der Waals surface area contributed by atoms with Gasteiger partial charge in [-0.2, -0.15) is 0 Å². The van der Waals surface area contributed by atoms with Gasteiger partial charge < -0.3 is 15.2 Å². The van der Waals surface area contributed by atoms with Crippen molar-refractivity contribution in [3.05, 3.63) is 35.9 Å². The van der Waals surface area contributed by atoms with Crippen LogP contribution in [0.15, 0.2) is 30.3 Å². The minimum Gasteiger partial charge on any atom is -0.480 e. The zero-order valence-electron chi connectivity index (χ0n) is 11.2. The number of nitrogens with one attached hydrogen (secondary N) is 2. The summed E-state index contributed by atoms with van der Waals surface area (Å²) in [5.41, 5.74) is 1.15. The Kier molecular flexibility index (Phi) is 4.89. The highest BCUT2D eigenvalue weighted by molar-refractivity contribution is 5.95. The predicted octanol–water partition coefficient (Wildman–Crippen LogP) is 0.470. The standard InChI is InChI=1S/C14H16N2O5/c17-12(7-21-8-13(18)19)16-14(20)15-11-6-10(11)9-4-2-1-3-5-9/h1-5,10-11H,6-8H2,(H,18,19)(H2,15,16,17,20). The van der Waals surface area contributed by atoms with Crippen molar-refractivity contribution in [1.82, 2.24) is 10.6 Å². The van der Waals surface area contributed by atoms with E-state index in [4.69, 9.17) is 5.11 Å². The van der Waals surface area contributed by atoms with Crippen LogP contribution in [0.5, 0.6) is 0 Å². The Morgan fingerprint density at radius 2 is 1.90 bits per heavy atom. The summed E-state index contributed by atoms with van der Waals surface area (Å²) in [6.45, 7) is -1.04. The van der Waals surface area contributed by atoms with E-state index in [2.05, 4.69) is 15.4 Å². The van der Waals surface area contributed by atoms with Gasteiger partial charge in [-0.15, -0.1) is 0 Å². The van der Waals surface area contributed by atoms with Crippen LogP contribution < -0.4 is 10.6 Å². The number of carbonyl (C=O) groups excluding carboxylic acids is 2. The van der Waals surface area contributed by atoms with Crippen molar-refractivity contribution < 1.29 is 24.2 Å². The van der Waals surface area contributed by atoms with Crippen LogP contribution in [-0.4, -0.2) is 42.3 Å². The lowest BCUT2D eigenvalue weighted by molar-refractivity contribution is -0.143. The molecule has 0 spiro atoms. The second-order valence-electron chi connectivity index (χ2n) is 4.77. The Hall–Kier alpha value is -2.41. The van der Waals surface area contributed by atoms with E-state index in [1.165, 1.54) is 0 Å². The van der Waals surface area contributed by atoms with Crippen molar-refractivity contribution in [2.75, 3.05) is 13.2 Å². The molecule has 0 aromatic heterocycles. The fraction of sp³-hybridized carbons (Fsp3) is 0.357. The number of imide groups is 1. The summed E-state index contributed by atoms with van der Waals surface area (Å²) < 4.78 is 4.58. The number of benzene rings is 1. The van der Waals surface area contributed by atoms with Crippen molar-refractivity contribution in [1.29, 1.82) is 0 Å². The van der Waals surface area contributed by atoms with Gasteiger partial charge in [-0.05, 0) is 12.0 Å². The van der Waals surface area contributed by atoms with E-state index < -0.39 is 31.1 Å². The summed E-state index contributed by atoms with van der Waals surface area (Å²) in [5, 5.41) is 13.1. The molecule has 1 aromatic rings. The molecule has 0 bridgehead atoms. The van der Waals surface area contributed by atoms with Crippen LogP contribution in [0, 0.1) is 0 Å². The highest BCUT2D eigenvalue weighted by Crippen LogP contribution is 2.40. The number of amides is 3. The minimum atomic E-state index is -1.17. The van der Waals surface area contributed by atoms with E-state index in [9.17, 15) is 14.4 Å². The molecule has 1 saturated carbocycles. The van der Waals surface area contributed by atoms with E-state index in [1.807, 2.05) is 30.3 Å². The Labute approximate surface area is 121 Å². The van der Waals surface area contributed by atoms with E-state index >= 15 is 0 Å². The highest BCUT2D eigenvalue weighted by atomic mass is 16.5. The van der Waals surface area contributed by atoms with Crippen LogP contribution in [0.2, 0.25) is 0 Å². The Balaban J connectivity index is 1.67. The smallest absolute Gasteiger partial charge is 0.329 e. The molecule has 21 heavy (non-hydrogen) atoms. The summed E-state index contributed by atoms with van der Waals surface area (Å²) >= 11 is 0. The molecular weight excluding hydrogens is 276 g/mol. The lowest BCUT2D eigenvalue weighted by Gasteiger charge is -2.06. The second kappa shape index (κ2) is 6.85. The summed E-state index contributed by atoms with van der Waals surface area (Å²) in [4.78, 5) is 33.1. The number of carboxylic acids is 1. The first-order chi connectivity index (χ1) is 10.1. The van der Waals surface area contributed by atoms with Crippen LogP contribution in [0.1, 0.15) is 17.9 Å². The summed E-state index contributed by atoms with van der Waals surface area (Å²) in [5.74, 6) is -1.57. The first kappa shape index (κ1) is 15.0. The molecule has 0 radical (unpaired) electrons. The Bertz CT molecular complexity index is 531. The van der Waals surface area contributed by atoms with E-state index in [0.29, 0.717) is 0 Å². The van der Waals surface area contributed by atoms with Crippen LogP contribution in [-0.2, 0) is 14.3 Å². The number of hydrogen-bond donors (Lipinski definition) is 3. The molecule has 2 atom stereocenters. The number of ether oxygens (including phenoxy) is 1. The molecule has 2 rings (SSSR count). The maximum Gasteiger partial charge on any atom is 0.329 e. The number of urea groups is 1. The van der Waals surface area contributed by atoms with Gasteiger partial charge in [0.05, 0.1) is 0 Å². The maximum atomic E-state index is 11.6. The molecule has 0 aliphatic heterocycles. The molecule has 1 aliphatic carbocycles. The molecule has 0 saturated heterocycles. The minimum absolute atomic E-state index is 0.0140. The lowest BCUT2D eigenvalue weighted by atomic mass is 10.1. The second-order valence-corrected chi connectivity index (χ2v) is 4.77. The normalized spacial score (nSPS) is 19.6. The van der Waals surface area contributed by atoms with Gasteiger partial charge >= 0.3 is 12.0 Å². The van der Waals surface area contributed by atoms with Crippen LogP contribution in [0.4, 0.5) is 4.79 Å². The van der Waals surface area contributed by atoms with Gasteiger partial charge in [0.2, 0.25) is 0 Å². The largest absolute Gasteiger partial charge is 0.480 e. The molecule has 2 unspecified atom stereocenters. The summed E-state index contributed by atoms with van der Waals surface area (Å²) in [6.07, 6.45) is 0.834. The topological polar surface area (TPSA) is 105 Å². The first-order valence-corrected chi connectivity index (χ1v) is 6.51. The predicted molar refractivity (Wildman–Crippen MR) is 72.7 cm³/mol. The lowest BCUT2D eigenvalue weighted by Crippen LogP contribution is -2.42. The van der Waals surface area contributed by atoms with Gasteiger partial charge in [-0.1, -0.05) is 30.3 Å². The van der Waals surface area contributed by atoms with Gasteiger partial charge in [0.15, 0.2) is 0 Å². The number of carboxylic acid groups (broad SMARTS) is 1. The van der Waals surface area contributed by atoms with E-state index in [-0.39, 0.29) is 12.0 Å². The highest BCUT2D eigenvalue weighted by Gasteiger charge is 2.39. The average Bonchev–Trinajstić information content (AvgIpc) is 3.18. The first-order valence-electron chi connectivity index (χ1n) is 6.51. The monoisotopic (exact) mass is 292 g/mol. The average molecular weight is 292 g/mol. The molecule has 1 aliphatic rings. The van der Waals surface area contributed by atoms with Crippen molar-refractivity contribution in [2.24, 2.45) is 0 Å². The van der Waals surface area contributed by atoms with Gasteiger partial charge in [0, 0.05) is 12.0 Å². The van der Waals surface area contributed by atoms with Crippen molar-refractivity contribution in [3.8, 4) is 0 Å². The molecule has 1 fully saturated rings. The van der Waals surface area contributed by atoms with Crippen LogP contribution in [0.25, 0.3) is 0 Å². The summed E-state index contributed by atoms with van der Waals surface area (Å²) in [6, 6.07) is 9.21. The van der Waals surface area contributed by atoms with Crippen LogP contribution in [0.3, 0.4) is 0 Å². The van der Waals surface area contributed by atoms with Gasteiger partial charge in [-0.25, -0.2) is 9.59 Å². The van der Waals surface area contributed by atoms with Gasteiger partial charge in [0.1, 0.15) is 13.2 Å². The third-order valence-corrected chi connectivity index (χ3v) is 3.05.